The Hall–Kier alpha value is -2.70. The van der Waals surface area contributed by atoms with Crippen LogP contribution in [-0.2, 0) is 6.42 Å². The van der Waals surface area contributed by atoms with Gasteiger partial charge in [0.2, 0.25) is 0 Å². The highest BCUT2D eigenvalue weighted by Gasteiger charge is 2.07. The Morgan fingerprint density at radius 3 is 2.91 bits per heavy atom. The van der Waals surface area contributed by atoms with Gasteiger partial charge in [-0.05, 0) is 44.1 Å². The molecule has 0 amide bonds. The predicted molar refractivity (Wildman–Crippen MR) is 99.4 cm³/mol. The fourth-order valence-corrected chi connectivity index (χ4v) is 2.33. The number of allylic oxidation sites excluding steroid dienone is 8. The minimum absolute atomic E-state index is 0.706. The molecule has 0 fully saturated rings. The number of aliphatic imine (C=N–C) groups is 1. The second-order valence-electron chi connectivity index (χ2n) is 5.27. The molecule has 0 unspecified atom stereocenters. The van der Waals surface area contributed by atoms with Crippen molar-refractivity contribution in [1.29, 1.82) is 0 Å². The molecule has 2 rings (SSSR count). The van der Waals surface area contributed by atoms with Crippen LogP contribution < -0.4 is 0 Å². The van der Waals surface area contributed by atoms with Gasteiger partial charge in [-0.25, -0.2) is 0 Å². The van der Waals surface area contributed by atoms with Crippen LogP contribution in [0.3, 0.4) is 0 Å². The first kappa shape index (κ1) is 16.7. The van der Waals surface area contributed by atoms with Crippen LogP contribution in [-0.4, -0.2) is 10.7 Å². The number of nitrogens with zero attached hydrogens (tertiary/aromatic N) is 2. The zero-order valence-electron chi connectivity index (χ0n) is 13.8. The third kappa shape index (κ3) is 4.38. The third-order valence-corrected chi connectivity index (χ3v) is 3.67. The minimum atomic E-state index is 0.706. The average molecular weight is 302 g/mol. The number of hydrogen-bond donors (Lipinski definition) is 0. The summed E-state index contributed by atoms with van der Waals surface area (Å²) >= 11 is 0. The van der Waals surface area contributed by atoms with E-state index < -0.39 is 0 Å². The summed E-state index contributed by atoms with van der Waals surface area (Å²) in [4.78, 5) is 9.46. The summed E-state index contributed by atoms with van der Waals surface area (Å²) in [5.41, 5.74) is 8.77. The van der Waals surface area contributed by atoms with Crippen LogP contribution in [0.4, 0.5) is 0 Å². The van der Waals surface area contributed by atoms with Crippen molar-refractivity contribution in [1.82, 2.24) is 4.98 Å². The van der Waals surface area contributed by atoms with Gasteiger partial charge in [0.15, 0.2) is 0 Å². The van der Waals surface area contributed by atoms with Crippen LogP contribution in [0.1, 0.15) is 31.7 Å². The normalized spacial score (nSPS) is 14.4. The molecule has 0 atom stereocenters. The van der Waals surface area contributed by atoms with Gasteiger partial charge in [-0.15, -0.1) is 5.73 Å². The van der Waals surface area contributed by atoms with Crippen molar-refractivity contribution in [2.24, 2.45) is 4.99 Å². The van der Waals surface area contributed by atoms with Gasteiger partial charge >= 0.3 is 0 Å². The molecule has 0 aliphatic carbocycles. The Kier molecular flexibility index (Phi) is 5.85. The Labute approximate surface area is 138 Å². The summed E-state index contributed by atoms with van der Waals surface area (Å²) < 4.78 is 0. The van der Waals surface area contributed by atoms with Crippen molar-refractivity contribution in [2.75, 3.05) is 0 Å². The molecular formula is C21H22N2. The van der Waals surface area contributed by atoms with E-state index in [1.807, 2.05) is 44.2 Å². The Balaban J connectivity index is 2.29. The van der Waals surface area contributed by atoms with E-state index in [1.165, 1.54) is 0 Å². The third-order valence-electron chi connectivity index (χ3n) is 3.67. The molecule has 116 valence electrons. The van der Waals surface area contributed by atoms with E-state index in [1.54, 1.807) is 0 Å². The summed E-state index contributed by atoms with van der Waals surface area (Å²) in [7, 11) is 0. The molecule has 0 bridgehead atoms. The lowest BCUT2D eigenvalue weighted by Gasteiger charge is -2.06. The molecule has 0 N–H and O–H groups in total. The Bertz CT molecular complexity index is 767. The molecule has 1 aliphatic rings. The highest BCUT2D eigenvalue weighted by Crippen LogP contribution is 2.17. The summed E-state index contributed by atoms with van der Waals surface area (Å²) in [5.74, 6) is 0. The average Bonchev–Trinajstić information content (AvgIpc) is 2.81. The number of aromatic nitrogens is 1. The van der Waals surface area contributed by atoms with E-state index in [0.29, 0.717) is 6.42 Å². The monoisotopic (exact) mass is 302 g/mol. The van der Waals surface area contributed by atoms with Crippen molar-refractivity contribution in [3.63, 3.8) is 0 Å². The van der Waals surface area contributed by atoms with Crippen molar-refractivity contribution >= 4 is 11.3 Å². The molecule has 1 aromatic rings. The van der Waals surface area contributed by atoms with Crippen molar-refractivity contribution in [3.8, 4) is 0 Å². The molecule has 1 aromatic heterocycles. The van der Waals surface area contributed by atoms with E-state index in [4.69, 9.17) is 4.99 Å². The van der Waals surface area contributed by atoms with Gasteiger partial charge in [0.25, 0.3) is 0 Å². The standard InChI is InChI=1S/C21H22N2/c1-5-16(4)20-14-10-12-19(22-20)15-18-11-8-9-13-21(23-18)17(6-2)7-3/h6-7,9-14H,1-2,8,15H2,3-4H3/b17-7-. The van der Waals surface area contributed by atoms with Crippen molar-refractivity contribution < 1.29 is 0 Å². The van der Waals surface area contributed by atoms with Crippen LogP contribution in [0, 0.1) is 0 Å². The summed E-state index contributed by atoms with van der Waals surface area (Å²) in [5, 5.41) is 0. The van der Waals surface area contributed by atoms with Gasteiger partial charge in [0.1, 0.15) is 0 Å². The minimum Gasteiger partial charge on any atom is -0.253 e. The van der Waals surface area contributed by atoms with Gasteiger partial charge in [0.05, 0.1) is 11.4 Å². The van der Waals surface area contributed by atoms with E-state index in [9.17, 15) is 0 Å². The lowest BCUT2D eigenvalue weighted by atomic mass is 10.1. The molecule has 0 saturated heterocycles. The van der Waals surface area contributed by atoms with Crippen LogP contribution in [0.15, 0.2) is 83.7 Å². The molecule has 1 aliphatic heterocycles. The summed E-state index contributed by atoms with van der Waals surface area (Å²) in [6.07, 6.45) is 11.8. The molecule has 0 spiro atoms. The molecule has 0 aromatic carbocycles. The van der Waals surface area contributed by atoms with Crippen LogP contribution in [0.2, 0.25) is 0 Å². The molecule has 0 radical (unpaired) electrons. The van der Waals surface area contributed by atoms with Crippen molar-refractivity contribution in [3.05, 3.63) is 90.1 Å². The molecule has 2 heteroatoms. The smallest absolute Gasteiger partial charge is 0.0739 e. The summed E-state index contributed by atoms with van der Waals surface area (Å²) in [6.45, 7) is 11.5. The lowest BCUT2D eigenvalue weighted by molar-refractivity contribution is 1.01. The molecule has 0 saturated carbocycles. The first-order valence-corrected chi connectivity index (χ1v) is 7.74. The molecule has 23 heavy (non-hydrogen) atoms. The zero-order chi connectivity index (χ0) is 16.7. The fraction of sp³-hybridized carbons (Fsp3) is 0.190. The number of pyridine rings is 1. The summed E-state index contributed by atoms with van der Waals surface area (Å²) in [6, 6.07) is 6.02. The van der Waals surface area contributed by atoms with Crippen LogP contribution in [0.5, 0.6) is 0 Å². The first-order valence-electron chi connectivity index (χ1n) is 7.74. The maximum absolute atomic E-state index is 4.78. The van der Waals surface area contributed by atoms with Gasteiger partial charge < -0.3 is 0 Å². The SMILES string of the molecule is C=C=C(C)c1cccc(CC2=CCC=CC(/C(C=C)=C\C)=N2)n1. The topological polar surface area (TPSA) is 25.2 Å². The molecule has 2 heterocycles. The number of hydrogen-bond acceptors (Lipinski definition) is 2. The van der Waals surface area contributed by atoms with Gasteiger partial charge in [-0.2, -0.15) is 0 Å². The van der Waals surface area contributed by atoms with Gasteiger partial charge in [-0.3, -0.25) is 9.98 Å². The Morgan fingerprint density at radius 2 is 2.22 bits per heavy atom. The second-order valence-corrected chi connectivity index (χ2v) is 5.27. The van der Waals surface area contributed by atoms with Gasteiger partial charge in [-0.1, -0.05) is 43.5 Å². The second kappa shape index (κ2) is 8.07. The van der Waals surface area contributed by atoms with Crippen LogP contribution >= 0.6 is 0 Å². The maximum atomic E-state index is 4.78. The van der Waals surface area contributed by atoms with Gasteiger partial charge in [0, 0.05) is 23.4 Å². The van der Waals surface area contributed by atoms with E-state index in [-0.39, 0.29) is 0 Å². The van der Waals surface area contributed by atoms with Crippen LogP contribution in [0.25, 0.3) is 5.57 Å². The predicted octanol–water partition coefficient (Wildman–Crippen LogP) is 5.23. The van der Waals surface area contributed by atoms with E-state index >= 15 is 0 Å². The lowest BCUT2D eigenvalue weighted by Crippen LogP contribution is -2.00. The largest absolute Gasteiger partial charge is 0.253 e. The first-order chi connectivity index (χ1) is 11.2. The Morgan fingerprint density at radius 1 is 1.39 bits per heavy atom. The van der Waals surface area contributed by atoms with E-state index in [2.05, 4.69) is 42.1 Å². The van der Waals surface area contributed by atoms with E-state index in [0.717, 1.165) is 40.4 Å². The molecular weight excluding hydrogens is 280 g/mol. The quantitative estimate of drug-likeness (QED) is 0.540. The fourth-order valence-electron chi connectivity index (χ4n) is 2.33. The maximum Gasteiger partial charge on any atom is 0.0739 e. The zero-order valence-corrected chi connectivity index (χ0v) is 13.8. The molecule has 2 nitrogen and oxygen atoms in total. The van der Waals surface area contributed by atoms with Crippen molar-refractivity contribution in [2.45, 2.75) is 26.7 Å². The highest BCUT2D eigenvalue weighted by atomic mass is 14.8. The number of rotatable bonds is 5. The highest BCUT2D eigenvalue weighted by molar-refractivity contribution is 6.10.